The standard InChI is InChI=1S/C10H18N4OS/c1-5-14-6-11-13-10(14)16-8(4)9(15)12-7(2)3/h6-8H,5H2,1-4H3,(H,12,15)/t8-/m1/s1. The van der Waals surface area contributed by atoms with Crippen LogP contribution in [-0.2, 0) is 11.3 Å². The highest BCUT2D eigenvalue weighted by Gasteiger charge is 2.17. The number of thioether (sulfide) groups is 1. The fourth-order valence-corrected chi connectivity index (χ4v) is 2.06. The molecule has 1 aromatic rings. The van der Waals surface area contributed by atoms with E-state index < -0.39 is 0 Å². The van der Waals surface area contributed by atoms with Gasteiger partial charge in [0.2, 0.25) is 5.91 Å². The summed E-state index contributed by atoms with van der Waals surface area (Å²) in [7, 11) is 0. The van der Waals surface area contributed by atoms with E-state index in [1.807, 2.05) is 32.3 Å². The molecule has 0 bridgehead atoms. The van der Waals surface area contributed by atoms with Crippen LogP contribution in [-0.4, -0.2) is 32.0 Å². The number of nitrogens with one attached hydrogen (secondary N) is 1. The van der Waals surface area contributed by atoms with Gasteiger partial charge in [-0.05, 0) is 27.7 Å². The normalized spacial score (nSPS) is 12.8. The number of carbonyl (C=O) groups is 1. The lowest BCUT2D eigenvalue weighted by Gasteiger charge is -2.13. The number of aryl methyl sites for hydroxylation is 1. The minimum Gasteiger partial charge on any atom is -0.353 e. The first kappa shape index (κ1) is 13.0. The van der Waals surface area contributed by atoms with Crippen LogP contribution >= 0.6 is 11.8 Å². The zero-order chi connectivity index (χ0) is 12.1. The first-order chi connectivity index (χ1) is 7.54. The molecule has 1 atom stereocenters. The maximum Gasteiger partial charge on any atom is 0.233 e. The van der Waals surface area contributed by atoms with Crippen molar-refractivity contribution in [1.29, 1.82) is 0 Å². The SMILES string of the molecule is CCn1cnnc1S[C@H](C)C(=O)NC(C)C. The molecule has 0 fully saturated rings. The van der Waals surface area contributed by atoms with Gasteiger partial charge in [0.15, 0.2) is 5.16 Å². The second kappa shape index (κ2) is 5.89. The molecule has 6 heteroatoms. The summed E-state index contributed by atoms with van der Waals surface area (Å²) in [6.45, 7) is 8.60. The van der Waals surface area contributed by atoms with E-state index in [1.54, 1.807) is 6.33 Å². The summed E-state index contributed by atoms with van der Waals surface area (Å²) in [5.41, 5.74) is 0. The summed E-state index contributed by atoms with van der Waals surface area (Å²) >= 11 is 1.43. The molecule has 1 rings (SSSR count). The van der Waals surface area contributed by atoms with Crippen LogP contribution in [0, 0.1) is 0 Å². The van der Waals surface area contributed by atoms with Crippen molar-refractivity contribution >= 4 is 17.7 Å². The predicted octanol–water partition coefficient (Wildman–Crippen LogP) is 1.30. The highest BCUT2D eigenvalue weighted by atomic mass is 32.2. The Morgan fingerprint density at radius 2 is 2.25 bits per heavy atom. The fraction of sp³-hybridized carbons (Fsp3) is 0.700. The Bertz CT molecular complexity index is 350. The van der Waals surface area contributed by atoms with Crippen molar-refractivity contribution in [3.63, 3.8) is 0 Å². The molecule has 1 amide bonds. The second-order valence-electron chi connectivity index (χ2n) is 3.82. The summed E-state index contributed by atoms with van der Waals surface area (Å²) in [6.07, 6.45) is 1.68. The van der Waals surface area contributed by atoms with Crippen LogP contribution in [0.25, 0.3) is 0 Å². The van der Waals surface area contributed by atoms with Gasteiger partial charge in [-0.3, -0.25) is 4.79 Å². The molecule has 0 aliphatic heterocycles. The van der Waals surface area contributed by atoms with Crippen LogP contribution in [0.3, 0.4) is 0 Å². The Hall–Kier alpha value is -1.04. The molecule has 1 aromatic heterocycles. The van der Waals surface area contributed by atoms with Crippen LogP contribution in [0.4, 0.5) is 0 Å². The van der Waals surface area contributed by atoms with E-state index in [2.05, 4.69) is 15.5 Å². The van der Waals surface area contributed by atoms with Crippen molar-refractivity contribution in [2.45, 2.75) is 50.7 Å². The molecule has 0 aromatic carbocycles. The van der Waals surface area contributed by atoms with E-state index in [-0.39, 0.29) is 17.2 Å². The van der Waals surface area contributed by atoms with Crippen molar-refractivity contribution in [3.8, 4) is 0 Å². The van der Waals surface area contributed by atoms with Gasteiger partial charge in [-0.1, -0.05) is 11.8 Å². The van der Waals surface area contributed by atoms with Gasteiger partial charge in [0.25, 0.3) is 0 Å². The summed E-state index contributed by atoms with van der Waals surface area (Å²) in [5.74, 6) is 0.0330. The van der Waals surface area contributed by atoms with Gasteiger partial charge in [-0.2, -0.15) is 0 Å². The van der Waals surface area contributed by atoms with E-state index in [9.17, 15) is 4.79 Å². The molecule has 0 saturated heterocycles. The third kappa shape index (κ3) is 3.52. The number of hydrogen-bond acceptors (Lipinski definition) is 4. The first-order valence-electron chi connectivity index (χ1n) is 5.39. The fourth-order valence-electron chi connectivity index (χ4n) is 1.17. The van der Waals surface area contributed by atoms with Gasteiger partial charge in [0.05, 0.1) is 5.25 Å². The minimum atomic E-state index is -0.156. The van der Waals surface area contributed by atoms with Crippen molar-refractivity contribution < 1.29 is 4.79 Å². The number of aromatic nitrogens is 3. The molecule has 1 heterocycles. The van der Waals surface area contributed by atoms with Crippen LogP contribution in [0.1, 0.15) is 27.7 Å². The predicted molar refractivity (Wildman–Crippen MR) is 64.3 cm³/mol. The smallest absolute Gasteiger partial charge is 0.233 e. The lowest BCUT2D eigenvalue weighted by atomic mass is 10.3. The van der Waals surface area contributed by atoms with Crippen molar-refractivity contribution in [2.75, 3.05) is 0 Å². The molecule has 16 heavy (non-hydrogen) atoms. The summed E-state index contributed by atoms with van der Waals surface area (Å²) < 4.78 is 1.92. The molecule has 5 nitrogen and oxygen atoms in total. The lowest BCUT2D eigenvalue weighted by molar-refractivity contribution is -0.120. The molecular weight excluding hydrogens is 224 g/mol. The van der Waals surface area contributed by atoms with E-state index in [0.717, 1.165) is 11.7 Å². The molecular formula is C10H18N4OS. The van der Waals surface area contributed by atoms with Crippen molar-refractivity contribution in [1.82, 2.24) is 20.1 Å². The number of hydrogen-bond donors (Lipinski definition) is 1. The van der Waals surface area contributed by atoms with E-state index in [4.69, 9.17) is 0 Å². The number of carbonyl (C=O) groups excluding carboxylic acids is 1. The molecule has 0 aliphatic carbocycles. The quantitative estimate of drug-likeness (QED) is 0.791. The first-order valence-corrected chi connectivity index (χ1v) is 6.27. The third-order valence-corrected chi connectivity index (χ3v) is 3.10. The highest BCUT2D eigenvalue weighted by molar-refractivity contribution is 8.00. The third-order valence-electron chi connectivity index (χ3n) is 2.00. The Kier molecular flexibility index (Phi) is 4.79. The van der Waals surface area contributed by atoms with Crippen LogP contribution < -0.4 is 5.32 Å². The van der Waals surface area contributed by atoms with Crippen LogP contribution in [0.2, 0.25) is 0 Å². The van der Waals surface area contributed by atoms with E-state index in [0.29, 0.717) is 0 Å². The second-order valence-corrected chi connectivity index (χ2v) is 5.13. The summed E-state index contributed by atoms with van der Waals surface area (Å²) in [6, 6.07) is 0.166. The number of nitrogens with zero attached hydrogens (tertiary/aromatic N) is 3. The number of rotatable bonds is 5. The van der Waals surface area contributed by atoms with Gasteiger partial charge in [-0.15, -0.1) is 10.2 Å². The van der Waals surface area contributed by atoms with Gasteiger partial charge in [0.1, 0.15) is 6.33 Å². The number of amides is 1. The Balaban J connectivity index is 2.57. The monoisotopic (exact) mass is 242 g/mol. The molecule has 0 aliphatic rings. The molecule has 0 spiro atoms. The van der Waals surface area contributed by atoms with Gasteiger partial charge in [0, 0.05) is 12.6 Å². The van der Waals surface area contributed by atoms with Crippen LogP contribution in [0.5, 0.6) is 0 Å². The van der Waals surface area contributed by atoms with Gasteiger partial charge in [-0.25, -0.2) is 0 Å². The topological polar surface area (TPSA) is 59.8 Å². The average Bonchev–Trinajstić information content (AvgIpc) is 2.64. The molecule has 0 saturated carbocycles. The molecule has 0 unspecified atom stereocenters. The zero-order valence-corrected chi connectivity index (χ0v) is 10.9. The Morgan fingerprint density at radius 1 is 1.56 bits per heavy atom. The zero-order valence-electron chi connectivity index (χ0n) is 10.1. The average molecular weight is 242 g/mol. The summed E-state index contributed by atoms with van der Waals surface area (Å²) in [5, 5.41) is 11.3. The van der Waals surface area contributed by atoms with Crippen molar-refractivity contribution in [2.24, 2.45) is 0 Å². The Labute approximate surface area is 100 Å². The largest absolute Gasteiger partial charge is 0.353 e. The maximum absolute atomic E-state index is 11.7. The molecule has 1 N–H and O–H groups in total. The van der Waals surface area contributed by atoms with Crippen molar-refractivity contribution in [3.05, 3.63) is 6.33 Å². The molecule has 0 radical (unpaired) electrons. The minimum absolute atomic E-state index is 0.0330. The van der Waals surface area contributed by atoms with Crippen LogP contribution in [0.15, 0.2) is 11.5 Å². The van der Waals surface area contributed by atoms with E-state index in [1.165, 1.54) is 11.8 Å². The Morgan fingerprint density at radius 3 is 2.81 bits per heavy atom. The summed E-state index contributed by atoms with van der Waals surface area (Å²) in [4.78, 5) is 11.7. The van der Waals surface area contributed by atoms with Gasteiger partial charge >= 0.3 is 0 Å². The maximum atomic E-state index is 11.7. The van der Waals surface area contributed by atoms with Gasteiger partial charge < -0.3 is 9.88 Å². The van der Waals surface area contributed by atoms with E-state index >= 15 is 0 Å². The lowest BCUT2D eigenvalue weighted by Crippen LogP contribution is -2.36. The molecule has 90 valence electrons. The highest BCUT2D eigenvalue weighted by Crippen LogP contribution is 2.20.